The monoisotopic (exact) mass is 432 g/mol. The van der Waals surface area contributed by atoms with Crippen molar-refractivity contribution in [3.63, 3.8) is 0 Å². The highest BCUT2D eigenvalue weighted by atomic mass is 32.1. The van der Waals surface area contributed by atoms with Crippen molar-refractivity contribution in [1.29, 1.82) is 0 Å². The topological polar surface area (TPSA) is 17.1 Å². The van der Waals surface area contributed by atoms with Gasteiger partial charge in [-0.15, -0.1) is 11.3 Å². The molecule has 146 valence electrons. The summed E-state index contributed by atoms with van der Waals surface area (Å²) in [4.78, 5) is 0. The van der Waals surface area contributed by atoms with Gasteiger partial charge >= 0.3 is 0 Å². The second-order valence-electron chi connectivity index (χ2n) is 8.06. The van der Waals surface area contributed by atoms with Gasteiger partial charge in [0.25, 0.3) is 0 Å². The molecule has 1 aromatic heterocycles. The molecule has 31 heavy (non-hydrogen) atoms. The molecule has 0 aliphatic carbocycles. The van der Waals surface area contributed by atoms with Crippen molar-refractivity contribution in [3.05, 3.63) is 103 Å². The van der Waals surface area contributed by atoms with E-state index in [9.17, 15) is 0 Å². The zero-order valence-electron chi connectivity index (χ0n) is 16.6. The first kappa shape index (κ1) is 17.5. The molecule has 0 radical (unpaired) electrons. The first-order chi connectivity index (χ1) is 15.3. The fraction of sp³-hybridized carbons (Fsp3) is 0. The van der Waals surface area contributed by atoms with Crippen LogP contribution in [-0.4, -0.2) is 0 Å². The van der Waals surface area contributed by atoms with Gasteiger partial charge in [0.1, 0.15) is 0 Å². The second kappa shape index (κ2) is 6.17. The molecule has 1 aliphatic heterocycles. The van der Waals surface area contributed by atoms with Crippen LogP contribution in [0.5, 0.6) is 0 Å². The second-order valence-corrected chi connectivity index (χ2v) is 11.8. The lowest BCUT2D eigenvalue weighted by Gasteiger charge is -2.16. The molecule has 6 aromatic rings. The molecule has 5 aromatic carbocycles. The van der Waals surface area contributed by atoms with Gasteiger partial charge in [-0.1, -0.05) is 91.0 Å². The van der Waals surface area contributed by atoms with Crippen LogP contribution in [-0.2, 0) is 4.57 Å². The van der Waals surface area contributed by atoms with Crippen molar-refractivity contribution in [2.75, 3.05) is 0 Å². The lowest BCUT2D eigenvalue weighted by molar-refractivity contribution is 0.593. The Hall–Kier alpha value is -3.19. The number of benzene rings is 5. The molecule has 1 unspecified atom stereocenters. The largest absolute Gasteiger partial charge is 0.309 e. The molecule has 0 amide bonds. The van der Waals surface area contributed by atoms with Crippen molar-refractivity contribution >= 4 is 65.3 Å². The molecule has 1 atom stereocenters. The van der Waals surface area contributed by atoms with Gasteiger partial charge in [0.15, 0.2) is 7.14 Å². The summed E-state index contributed by atoms with van der Waals surface area (Å²) in [5.74, 6) is 0. The van der Waals surface area contributed by atoms with E-state index in [1.807, 2.05) is 30.3 Å². The first-order valence-corrected chi connectivity index (χ1v) is 12.9. The first-order valence-electron chi connectivity index (χ1n) is 10.4. The van der Waals surface area contributed by atoms with Crippen LogP contribution in [0.1, 0.15) is 0 Å². The van der Waals surface area contributed by atoms with Crippen molar-refractivity contribution < 1.29 is 4.57 Å². The van der Waals surface area contributed by atoms with E-state index in [2.05, 4.69) is 72.8 Å². The van der Waals surface area contributed by atoms with Gasteiger partial charge in [-0.2, -0.15) is 0 Å². The molecule has 7 rings (SSSR count). The van der Waals surface area contributed by atoms with Gasteiger partial charge in [-0.05, 0) is 28.5 Å². The summed E-state index contributed by atoms with van der Waals surface area (Å²) < 4.78 is 17.6. The Morgan fingerprint density at radius 3 is 2.23 bits per heavy atom. The molecule has 3 heteroatoms. The summed E-state index contributed by atoms with van der Waals surface area (Å²) >= 11 is 1.77. The molecule has 0 saturated carbocycles. The Balaban J connectivity index is 1.73. The predicted molar refractivity (Wildman–Crippen MR) is 135 cm³/mol. The summed E-state index contributed by atoms with van der Waals surface area (Å²) in [5, 5.41) is 7.70. The van der Waals surface area contributed by atoms with Gasteiger partial charge in [-0.3, -0.25) is 0 Å². The molecular weight excluding hydrogens is 415 g/mol. The van der Waals surface area contributed by atoms with E-state index in [0.717, 1.165) is 31.7 Å². The lowest BCUT2D eigenvalue weighted by atomic mass is 9.97. The fourth-order valence-electron chi connectivity index (χ4n) is 5.12. The molecule has 0 saturated heterocycles. The minimum Gasteiger partial charge on any atom is -0.309 e. The molecule has 1 nitrogen and oxygen atoms in total. The Labute approximate surface area is 184 Å². The summed E-state index contributed by atoms with van der Waals surface area (Å²) in [6.45, 7) is 0. The van der Waals surface area contributed by atoms with Crippen molar-refractivity contribution in [2.24, 2.45) is 0 Å². The van der Waals surface area contributed by atoms with Crippen LogP contribution in [0.3, 0.4) is 0 Å². The van der Waals surface area contributed by atoms with Crippen LogP contribution in [0.4, 0.5) is 0 Å². The Morgan fingerprint density at radius 2 is 1.35 bits per heavy atom. The summed E-state index contributed by atoms with van der Waals surface area (Å²) in [7, 11) is -3.00. The molecular formula is C28H17OPS. The van der Waals surface area contributed by atoms with Gasteiger partial charge in [-0.25, -0.2) is 0 Å². The van der Waals surface area contributed by atoms with Gasteiger partial charge in [0.05, 0.1) is 0 Å². The minimum absolute atomic E-state index is 0.912. The van der Waals surface area contributed by atoms with Crippen LogP contribution in [0.25, 0.3) is 42.1 Å². The van der Waals surface area contributed by atoms with Crippen molar-refractivity contribution in [1.82, 2.24) is 0 Å². The number of hydrogen-bond acceptors (Lipinski definition) is 2. The highest BCUT2D eigenvalue weighted by Gasteiger charge is 2.42. The standard InChI is InChI=1S/C28H17OPS/c29-30(19-9-2-1-3-10-19)24-17-14-18-8-4-5-11-20(18)26(24)23-16-15-22-21-12-6-7-13-25(21)31-28(22)27(23)30/h1-17H. The predicted octanol–water partition coefficient (Wildman–Crippen LogP) is 6.83. The third-order valence-electron chi connectivity index (χ3n) is 6.47. The van der Waals surface area contributed by atoms with Crippen molar-refractivity contribution in [3.8, 4) is 11.1 Å². The number of fused-ring (bicyclic) bond motifs is 9. The maximum absolute atomic E-state index is 15.2. The number of rotatable bonds is 1. The normalized spacial score (nSPS) is 17.3. The Kier molecular flexibility index (Phi) is 3.48. The average Bonchev–Trinajstić information content (AvgIpc) is 3.33. The smallest absolute Gasteiger partial charge is 0.173 e. The van der Waals surface area contributed by atoms with Gasteiger partial charge < -0.3 is 4.57 Å². The summed E-state index contributed by atoms with van der Waals surface area (Å²) in [5.41, 5.74) is 2.26. The van der Waals surface area contributed by atoms with E-state index in [1.165, 1.54) is 26.2 Å². The zero-order chi connectivity index (χ0) is 20.6. The molecule has 1 aliphatic rings. The van der Waals surface area contributed by atoms with Crippen LogP contribution >= 0.6 is 18.5 Å². The molecule has 0 spiro atoms. The third kappa shape index (κ3) is 2.19. The zero-order valence-corrected chi connectivity index (χ0v) is 18.3. The van der Waals surface area contributed by atoms with Gasteiger partial charge in [0, 0.05) is 41.6 Å². The van der Waals surface area contributed by atoms with E-state index in [1.54, 1.807) is 11.3 Å². The van der Waals surface area contributed by atoms with Crippen LogP contribution in [0, 0.1) is 0 Å². The van der Waals surface area contributed by atoms with E-state index in [4.69, 9.17) is 0 Å². The van der Waals surface area contributed by atoms with Crippen molar-refractivity contribution in [2.45, 2.75) is 0 Å². The highest BCUT2D eigenvalue weighted by Crippen LogP contribution is 2.56. The SMILES string of the molecule is O=P1(c2ccccc2)c2ccc3ccccc3c2-c2ccc3c(sc4ccccc43)c21. The van der Waals surface area contributed by atoms with Crippen LogP contribution in [0.2, 0.25) is 0 Å². The quantitative estimate of drug-likeness (QED) is 0.260. The van der Waals surface area contributed by atoms with E-state index in [-0.39, 0.29) is 0 Å². The number of thiophene rings is 1. The maximum atomic E-state index is 15.2. The Bertz CT molecular complexity index is 1710. The Morgan fingerprint density at radius 1 is 0.613 bits per heavy atom. The maximum Gasteiger partial charge on any atom is 0.173 e. The van der Waals surface area contributed by atoms with Crippen LogP contribution < -0.4 is 15.9 Å². The third-order valence-corrected chi connectivity index (χ3v) is 11.0. The fourth-order valence-corrected chi connectivity index (χ4v) is 9.93. The molecule has 0 fully saturated rings. The average molecular weight is 432 g/mol. The summed E-state index contributed by atoms with van der Waals surface area (Å²) in [6.07, 6.45) is 0. The van der Waals surface area contributed by atoms with E-state index >= 15 is 4.57 Å². The highest BCUT2D eigenvalue weighted by molar-refractivity contribution is 7.87. The molecule has 0 N–H and O–H groups in total. The minimum atomic E-state index is -3.00. The lowest BCUT2D eigenvalue weighted by Crippen LogP contribution is -2.20. The van der Waals surface area contributed by atoms with E-state index in [0.29, 0.717) is 0 Å². The van der Waals surface area contributed by atoms with Gasteiger partial charge in [0.2, 0.25) is 0 Å². The van der Waals surface area contributed by atoms with Crippen LogP contribution in [0.15, 0.2) is 103 Å². The molecule has 0 bridgehead atoms. The molecule has 2 heterocycles. The summed E-state index contributed by atoms with van der Waals surface area (Å²) in [6, 6.07) is 35.6. The van der Waals surface area contributed by atoms with E-state index < -0.39 is 7.14 Å². The number of hydrogen-bond donors (Lipinski definition) is 0.